The Kier molecular flexibility index (Phi) is 7.94. The molecule has 1 rings (SSSR count). The van der Waals surface area contributed by atoms with Gasteiger partial charge in [-0.15, -0.1) is 0 Å². The number of nitrogens with one attached hydrogen (secondary N) is 1. The van der Waals surface area contributed by atoms with Crippen LogP contribution in [0.5, 0.6) is 0 Å². The molecule has 2 heteroatoms. The summed E-state index contributed by atoms with van der Waals surface area (Å²) in [6, 6.07) is 0.821. The lowest BCUT2D eigenvalue weighted by molar-refractivity contribution is 0.449. The van der Waals surface area contributed by atoms with Gasteiger partial charge in [-0.3, -0.25) is 0 Å². The second-order valence-corrected chi connectivity index (χ2v) is 4.85. The molecule has 15 heavy (non-hydrogen) atoms. The summed E-state index contributed by atoms with van der Waals surface area (Å²) in [5, 5.41) is 3.71. The van der Waals surface area contributed by atoms with Crippen molar-refractivity contribution in [1.29, 1.82) is 0 Å². The minimum Gasteiger partial charge on any atom is -0.330 e. The molecule has 0 aromatic carbocycles. The van der Waals surface area contributed by atoms with Crippen molar-refractivity contribution < 1.29 is 0 Å². The van der Waals surface area contributed by atoms with Gasteiger partial charge in [0.2, 0.25) is 0 Å². The van der Waals surface area contributed by atoms with E-state index in [0.29, 0.717) is 0 Å². The molecule has 1 saturated carbocycles. The average Bonchev–Trinajstić information content (AvgIpc) is 2.52. The monoisotopic (exact) mass is 212 g/mol. The van der Waals surface area contributed by atoms with Crippen LogP contribution in [-0.2, 0) is 0 Å². The van der Waals surface area contributed by atoms with E-state index >= 15 is 0 Å². The third-order valence-corrected chi connectivity index (χ3v) is 3.42. The highest BCUT2D eigenvalue weighted by atomic mass is 14.9. The summed E-state index contributed by atoms with van der Waals surface area (Å²) in [5.41, 5.74) is 5.46. The molecule has 0 saturated heterocycles. The zero-order valence-corrected chi connectivity index (χ0v) is 10.1. The molecule has 1 aliphatic rings. The topological polar surface area (TPSA) is 38.0 Å². The smallest absolute Gasteiger partial charge is 0.00670 e. The van der Waals surface area contributed by atoms with Crippen LogP contribution in [0.15, 0.2) is 0 Å². The molecule has 90 valence electrons. The highest BCUT2D eigenvalue weighted by Gasteiger charge is 2.10. The van der Waals surface area contributed by atoms with Gasteiger partial charge in [0.05, 0.1) is 0 Å². The lowest BCUT2D eigenvalue weighted by Gasteiger charge is -2.15. The zero-order chi connectivity index (χ0) is 10.8. The summed E-state index contributed by atoms with van der Waals surface area (Å²) in [7, 11) is 0. The van der Waals surface area contributed by atoms with Crippen molar-refractivity contribution in [2.45, 2.75) is 70.3 Å². The first-order valence-electron chi connectivity index (χ1n) is 6.87. The van der Waals surface area contributed by atoms with E-state index in [1.54, 1.807) is 0 Å². The largest absolute Gasteiger partial charge is 0.330 e. The molecule has 3 N–H and O–H groups in total. The van der Waals surface area contributed by atoms with Gasteiger partial charge in [0.1, 0.15) is 0 Å². The molecule has 0 aromatic rings. The first-order valence-corrected chi connectivity index (χ1v) is 6.87. The molecule has 0 bridgehead atoms. The number of unbranched alkanes of at least 4 members (excludes halogenated alkanes) is 3. The van der Waals surface area contributed by atoms with Crippen molar-refractivity contribution in [3.8, 4) is 0 Å². The molecule has 1 aliphatic carbocycles. The zero-order valence-electron chi connectivity index (χ0n) is 10.1. The third-order valence-electron chi connectivity index (χ3n) is 3.42. The molecule has 0 unspecified atom stereocenters. The van der Waals surface area contributed by atoms with Gasteiger partial charge in [-0.05, 0) is 38.8 Å². The van der Waals surface area contributed by atoms with Gasteiger partial charge in [-0.25, -0.2) is 0 Å². The van der Waals surface area contributed by atoms with Gasteiger partial charge in [-0.1, -0.05) is 38.5 Å². The highest BCUT2D eigenvalue weighted by molar-refractivity contribution is 4.70. The Morgan fingerprint density at radius 2 is 1.53 bits per heavy atom. The van der Waals surface area contributed by atoms with E-state index in [0.717, 1.165) is 12.6 Å². The summed E-state index contributed by atoms with van der Waals surface area (Å²) in [5.74, 6) is 0. The first kappa shape index (κ1) is 13.0. The fourth-order valence-electron chi connectivity index (χ4n) is 2.41. The fraction of sp³-hybridized carbons (Fsp3) is 1.00. The molecule has 0 aliphatic heterocycles. The Bertz CT molecular complexity index is 128. The van der Waals surface area contributed by atoms with Crippen LogP contribution in [0.2, 0.25) is 0 Å². The lowest BCUT2D eigenvalue weighted by atomic mass is 10.1. The van der Waals surface area contributed by atoms with Crippen LogP contribution < -0.4 is 11.1 Å². The van der Waals surface area contributed by atoms with E-state index in [1.807, 2.05) is 0 Å². The van der Waals surface area contributed by atoms with Crippen molar-refractivity contribution in [3.63, 3.8) is 0 Å². The van der Waals surface area contributed by atoms with E-state index in [4.69, 9.17) is 5.73 Å². The summed E-state index contributed by atoms with van der Waals surface area (Å²) >= 11 is 0. The van der Waals surface area contributed by atoms with Crippen molar-refractivity contribution in [2.24, 2.45) is 5.73 Å². The SMILES string of the molecule is NCCCCCCNC1CCCCCC1. The van der Waals surface area contributed by atoms with Crippen molar-refractivity contribution in [2.75, 3.05) is 13.1 Å². The van der Waals surface area contributed by atoms with E-state index in [1.165, 1.54) is 70.8 Å². The Hall–Kier alpha value is -0.0800. The fourth-order valence-corrected chi connectivity index (χ4v) is 2.41. The average molecular weight is 212 g/mol. The van der Waals surface area contributed by atoms with Crippen LogP contribution in [0.3, 0.4) is 0 Å². The van der Waals surface area contributed by atoms with E-state index in [2.05, 4.69) is 5.32 Å². The minimum atomic E-state index is 0.821. The second-order valence-electron chi connectivity index (χ2n) is 4.85. The molecule has 0 spiro atoms. The van der Waals surface area contributed by atoms with E-state index in [-0.39, 0.29) is 0 Å². The third kappa shape index (κ3) is 6.91. The standard InChI is InChI=1S/C13H28N2/c14-11-7-3-4-8-12-15-13-9-5-1-2-6-10-13/h13,15H,1-12,14H2. The number of rotatable bonds is 7. The Morgan fingerprint density at radius 3 is 2.20 bits per heavy atom. The van der Waals surface area contributed by atoms with Crippen LogP contribution in [0.1, 0.15) is 64.2 Å². The molecule has 0 radical (unpaired) electrons. The van der Waals surface area contributed by atoms with Gasteiger partial charge in [0, 0.05) is 6.04 Å². The van der Waals surface area contributed by atoms with Gasteiger partial charge in [-0.2, -0.15) is 0 Å². The molecule has 0 amide bonds. The lowest BCUT2D eigenvalue weighted by Crippen LogP contribution is -2.29. The summed E-state index contributed by atoms with van der Waals surface area (Å²) in [4.78, 5) is 0. The molecule has 1 fully saturated rings. The van der Waals surface area contributed by atoms with Crippen LogP contribution in [0, 0.1) is 0 Å². The van der Waals surface area contributed by atoms with Gasteiger partial charge >= 0.3 is 0 Å². The van der Waals surface area contributed by atoms with Crippen molar-refractivity contribution >= 4 is 0 Å². The molecular weight excluding hydrogens is 184 g/mol. The van der Waals surface area contributed by atoms with E-state index in [9.17, 15) is 0 Å². The van der Waals surface area contributed by atoms with Crippen LogP contribution in [0.4, 0.5) is 0 Å². The molecular formula is C13H28N2. The predicted octanol–water partition coefficient (Wildman–Crippen LogP) is 2.82. The molecule has 2 nitrogen and oxygen atoms in total. The summed E-state index contributed by atoms with van der Waals surface area (Å²) in [6.07, 6.45) is 13.8. The maximum Gasteiger partial charge on any atom is 0.00670 e. The van der Waals surface area contributed by atoms with Crippen molar-refractivity contribution in [3.05, 3.63) is 0 Å². The number of hydrogen-bond donors (Lipinski definition) is 2. The number of nitrogens with two attached hydrogens (primary N) is 1. The van der Waals surface area contributed by atoms with Gasteiger partial charge in [0.15, 0.2) is 0 Å². The van der Waals surface area contributed by atoms with E-state index < -0.39 is 0 Å². The maximum atomic E-state index is 5.46. The summed E-state index contributed by atoms with van der Waals surface area (Å²) < 4.78 is 0. The van der Waals surface area contributed by atoms with Crippen LogP contribution in [0.25, 0.3) is 0 Å². The molecule has 0 atom stereocenters. The second kappa shape index (κ2) is 9.17. The van der Waals surface area contributed by atoms with Gasteiger partial charge < -0.3 is 11.1 Å². The molecule has 0 heterocycles. The quantitative estimate of drug-likeness (QED) is 0.503. The van der Waals surface area contributed by atoms with Crippen LogP contribution in [-0.4, -0.2) is 19.1 Å². The number of hydrogen-bond acceptors (Lipinski definition) is 2. The predicted molar refractivity (Wildman–Crippen MR) is 67.0 cm³/mol. The Morgan fingerprint density at radius 1 is 0.867 bits per heavy atom. The van der Waals surface area contributed by atoms with Gasteiger partial charge in [0.25, 0.3) is 0 Å². The summed E-state index contributed by atoms with van der Waals surface area (Å²) in [6.45, 7) is 2.07. The normalized spacial score (nSPS) is 19.0. The highest BCUT2D eigenvalue weighted by Crippen LogP contribution is 2.17. The Labute approximate surface area is 95.0 Å². The van der Waals surface area contributed by atoms with Crippen LogP contribution >= 0.6 is 0 Å². The minimum absolute atomic E-state index is 0.821. The maximum absolute atomic E-state index is 5.46. The first-order chi connectivity index (χ1) is 7.43. The Balaban J connectivity index is 1.89. The van der Waals surface area contributed by atoms with Crippen molar-refractivity contribution in [1.82, 2.24) is 5.32 Å². The molecule has 0 aromatic heterocycles.